The second-order valence-electron chi connectivity index (χ2n) is 6.22. The Labute approximate surface area is 132 Å². The summed E-state index contributed by atoms with van der Waals surface area (Å²) in [7, 11) is 0. The van der Waals surface area contributed by atoms with Crippen molar-refractivity contribution in [3.63, 3.8) is 0 Å². The van der Waals surface area contributed by atoms with Gasteiger partial charge >= 0.3 is 6.61 Å². The van der Waals surface area contributed by atoms with Crippen molar-refractivity contribution in [1.82, 2.24) is 4.90 Å². The van der Waals surface area contributed by atoms with Crippen LogP contribution in [0.15, 0.2) is 22.7 Å². The van der Waals surface area contributed by atoms with Crippen LogP contribution in [0.2, 0.25) is 0 Å². The fourth-order valence-electron chi connectivity index (χ4n) is 2.74. The van der Waals surface area contributed by atoms with Crippen LogP contribution in [0.5, 0.6) is 5.75 Å². The van der Waals surface area contributed by atoms with Crippen molar-refractivity contribution in [3.8, 4) is 5.75 Å². The Morgan fingerprint density at radius 2 is 2.19 bits per heavy atom. The third-order valence-corrected chi connectivity index (χ3v) is 4.52. The van der Waals surface area contributed by atoms with Crippen molar-refractivity contribution in [2.45, 2.75) is 39.5 Å². The predicted octanol–water partition coefficient (Wildman–Crippen LogP) is 3.61. The van der Waals surface area contributed by atoms with Crippen LogP contribution in [-0.2, 0) is 6.54 Å². The third kappa shape index (κ3) is 4.37. The van der Waals surface area contributed by atoms with Crippen LogP contribution < -0.4 is 10.5 Å². The molecule has 0 spiro atoms. The maximum atomic E-state index is 12.5. The first kappa shape index (κ1) is 16.6. The molecule has 2 rings (SSSR count). The second-order valence-corrected chi connectivity index (χ2v) is 7.14. The van der Waals surface area contributed by atoms with Gasteiger partial charge in [0.15, 0.2) is 0 Å². The van der Waals surface area contributed by atoms with E-state index in [0.717, 1.165) is 29.5 Å². The van der Waals surface area contributed by atoms with Gasteiger partial charge in [0.05, 0.1) is 0 Å². The average molecular weight is 363 g/mol. The van der Waals surface area contributed by atoms with Crippen molar-refractivity contribution in [3.05, 3.63) is 28.2 Å². The molecule has 1 atom stereocenters. The minimum atomic E-state index is -2.81. The summed E-state index contributed by atoms with van der Waals surface area (Å²) >= 11 is 3.38. The van der Waals surface area contributed by atoms with Gasteiger partial charge < -0.3 is 10.5 Å². The molecule has 0 aliphatic carbocycles. The van der Waals surface area contributed by atoms with E-state index in [0.29, 0.717) is 6.54 Å². The molecule has 1 fully saturated rings. The first-order chi connectivity index (χ1) is 9.78. The van der Waals surface area contributed by atoms with E-state index >= 15 is 0 Å². The van der Waals surface area contributed by atoms with Crippen LogP contribution in [0, 0.1) is 5.41 Å². The second kappa shape index (κ2) is 6.58. The molecule has 1 heterocycles. The Bertz CT molecular complexity index is 497. The fourth-order valence-corrected chi connectivity index (χ4v) is 3.15. The van der Waals surface area contributed by atoms with E-state index in [1.807, 2.05) is 6.07 Å². The summed E-state index contributed by atoms with van der Waals surface area (Å²) in [5, 5.41) is 0. The summed E-state index contributed by atoms with van der Waals surface area (Å²) in [5.41, 5.74) is 6.91. The highest BCUT2D eigenvalue weighted by Crippen LogP contribution is 2.31. The van der Waals surface area contributed by atoms with E-state index < -0.39 is 6.61 Å². The molecule has 1 unspecified atom stereocenters. The number of likely N-dealkylation sites (tertiary alicyclic amines) is 1. The number of nitrogens with two attached hydrogens (primary N) is 1. The van der Waals surface area contributed by atoms with E-state index in [4.69, 9.17) is 5.73 Å². The molecule has 3 nitrogen and oxygen atoms in total. The van der Waals surface area contributed by atoms with Gasteiger partial charge in [0.1, 0.15) is 5.75 Å². The Morgan fingerprint density at radius 3 is 2.81 bits per heavy atom. The van der Waals surface area contributed by atoms with Gasteiger partial charge in [-0.3, -0.25) is 4.90 Å². The minimum absolute atomic E-state index is 0.0218. The summed E-state index contributed by atoms with van der Waals surface area (Å²) < 4.78 is 30.4. The highest BCUT2D eigenvalue weighted by atomic mass is 79.9. The van der Waals surface area contributed by atoms with Crippen LogP contribution in [0.1, 0.15) is 25.8 Å². The quantitative estimate of drug-likeness (QED) is 0.888. The Kier molecular flexibility index (Phi) is 5.22. The fraction of sp³-hybridized carbons (Fsp3) is 0.600. The molecule has 6 heteroatoms. The Hall–Kier alpha value is -0.720. The van der Waals surface area contributed by atoms with Gasteiger partial charge in [-0.15, -0.1) is 0 Å². The SMILES string of the molecule is CC1(C)CN(Cc2cc(Br)ccc2OC(F)F)CCC1N. The molecule has 118 valence electrons. The van der Waals surface area contributed by atoms with Gasteiger partial charge in [-0.2, -0.15) is 8.78 Å². The normalized spacial score (nSPS) is 22.5. The molecule has 1 aliphatic heterocycles. The van der Waals surface area contributed by atoms with Gasteiger partial charge in [-0.25, -0.2) is 0 Å². The lowest BCUT2D eigenvalue weighted by Crippen LogP contribution is -2.52. The van der Waals surface area contributed by atoms with E-state index in [2.05, 4.69) is 39.4 Å². The zero-order valence-electron chi connectivity index (χ0n) is 12.3. The zero-order valence-corrected chi connectivity index (χ0v) is 13.9. The van der Waals surface area contributed by atoms with Crippen LogP contribution in [0.3, 0.4) is 0 Å². The monoisotopic (exact) mass is 362 g/mol. The number of benzene rings is 1. The molecule has 1 aliphatic rings. The maximum Gasteiger partial charge on any atom is 0.387 e. The molecule has 1 saturated heterocycles. The lowest BCUT2D eigenvalue weighted by molar-refractivity contribution is -0.0510. The van der Waals surface area contributed by atoms with Gasteiger partial charge in [0.2, 0.25) is 0 Å². The van der Waals surface area contributed by atoms with Crippen molar-refractivity contribution in [1.29, 1.82) is 0 Å². The minimum Gasteiger partial charge on any atom is -0.434 e. The number of halogens is 3. The number of alkyl halides is 2. The van der Waals surface area contributed by atoms with Crippen LogP contribution in [0.4, 0.5) is 8.78 Å². The van der Waals surface area contributed by atoms with Gasteiger partial charge in [0.25, 0.3) is 0 Å². The number of hydrogen-bond donors (Lipinski definition) is 1. The van der Waals surface area contributed by atoms with E-state index in [1.54, 1.807) is 12.1 Å². The first-order valence-electron chi connectivity index (χ1n) is 6.99. The zero-order chi connectivity index (χ0) is 15.6. The molecule has 0 aromatic heterocycles. The van der Waals surface area contributed by atoms with Crippen molar-refractivity contribution < 1.29 is 13.5 Å². The molecule has 2 N–H and O–H groups in total. The number of ether oxygens (including phenoxy) is 1. The molecular formula is C15H21BrF2N2O. The van der Waals surface area contributed by atoms with Gasteiger partial charge in [0, 0.05) is 35.7 Å². The van der Waals surface area contributed by atoms with Crippen molar-refractivity contribution in [2.24, 2.45) is 11.1 Å². The lowest BCUT2D eigenvalue weighted by Gasteiger charge is -2.42. The summed E-state index contributed by atoms with van der Waals surface area (Å²) in [6, 6.07) is 5.29. The van der Waals surface area contributed by atoms with Crippen LogP contribution >= 0.6 is 15.9 Å². The van der Waals surface area contributed by atoms with E-state index in [-0.39, 0.29) is 17.2 Å². The topological polar surface area (TPSA) is 38.5 Å². The summed E-state index contributed by atoms with van der Waals surface area (Å²) in [4.78, 5) is 2.24. The van der Waals surface area contributed by atoms with Gasteiger partial charge in [-0.1, -0.05) is 29.8 Å². The smallest absolute Gasteiger partial charge is 0.387 e. The number of piperidine rings is 1. The molecule has 0 radical (unpaired) electrons. The molecule has 0 amide bonds. The first-order valence-corrected chi connectivity index (χ1v) is 7.78. The highest BCUT2D eigenvalue weighted by Gasteiger charge is 2.33. The van der Waals surface area contributed by atoms with Crippen LogP contribution in [-0.4, -0.2) is 30.6 Å². The summed E-state index contributed by atoms with van der Waals surface area (Å²) in [6.07, 6.45) is 0.909. The maximum absolute atomic E-state index is 12.5. The lowest BCUT2D eigenvalue weighted by atomic mass is 9.79. The molecule has 21 heavy (non-hydrogen) atoms. The summed E-state index contributed by atoms with van der Waals surface area (Å²) in [6.45, 7) is 3.76. The molecule has 0 bridgehead atoms. The van der Waals surface area contributed by atoms with Gasteiger partial charge in [-0.05, 0) is 30.0 Å². The van der Waals surface area contributed by atoms with Crippen LogP contribution in [0.25, 0.3) is 0 Å². The largest absolute Gasteiger partial charge is 0.434 e. The molecular weight excluding hydrogens is 342 g/mol. The van der Waals surface area contributed by atoms with Crippen molar-refractivity contribution >= 4 is 15.9 Å². The molecule has 1 aromatic rings. The van der Waals surface area contributed by atoms with E-state index in [9.17, 15) is 8.78 Å². The molecule has 0 saturated carbocycles. The standard InChI is InChI=1S/C15H21BrF2N2O/c1-15(2)9-20(6-5-13(15)19)8-10-7-11(16)3-4-12(10)21-14(17)18/h3-4,7,13-14H,5-6,8-9,19H2,1-2H3. The van der Waals surface area contributed by atoms with Crippen molar-refractivity contribution in [2.75, 3.05) is 13.1 Å². The Morgan fingerprint density at radius 1 is 1.48 bits per heavy atom. The third-order valence-electron chi connectivity index (χ3n) is 4.02. The average Bonchev–Trinajstić information content (AvgIpc) is 2.36. The van der Waals surface area contributed by atoms with E-state index in [1.165, 1.54) is 0 Å². The number of rotatable bonds is 4. The predicted molar refractivity (Wildman–Crippen MR) is 82.4 cm³/mol. The number of nitrogens with zero attached hydrogens (tertiary/aromatic N) is 1. The summed E-state index contributed by atoms with van der Waals surface area (Å²) in [5.74, 6) is 0.237. The highest BCUT2D eigenvalue weighted by molar-refractivity contribution is 9.10. The molecule has 1 aromatic carbocycles. The Balaban J connectivity index is 2.13. The number of hydrogen-bond acceptors (Lipinski definition) is 3.